The maximum atomic E-state index is 12.3. The monoisotopic (exact) mass is 339 g/mol. The fourth-order valence-corrected chi connectivity index (χ4v) is 4.80. The average Bonchev–Trinajstić information content (AvgIpc) is 2.79. The Morgan fingerprint density at radius 2 is 1.95 bits per heavy atom. The van der Waals surface area contributed by atoms with Gasteiger partial charge >= 0.3 is 5.97 Å². The van der Waals surface area contributed by atoms with E-state index in [2.05, 4.69) is 4.72 Å². The Morgan fingerprint density at radius 1 is 1.27 bits per heavy atom. The van der Waals surface area contributed by atoms with Gasteiger partial charge in [0.1, 0.15) is 0 Å². The minimum atomic E-state index is -3.56. The number of carboxylic acid groups (broad SMARTS) is 1. The predicted molar refractivity (Wildman–Crippen MR) is 86.1 cm³/mol. The third-order valence-electron chi connectivity index (χ3n) is 3.22. The quantitative estimate of drug-likeness (QED) is 0.847. The molecular weight excluding hydrogens is 322 g/mol. The van der Waals surface area contributed by atoms with Crippen LogP contribution in [-0.2, 0) is 16.4 Å². The molecule has 1 aromatic heterocycles. The second kappa shape index (κ2) is 6.60. The number of carbonyl (C=O) groups is 1. The van der Waals surface area contributed by atoms with Crippen molar-refractivity contribution in [2.45, 2.75) is 25.2 Å². The van der Waals surface area contributed by atoms with Crippen molar-refractivity contribution in [3.05, 3.63) is 51.2 Å². The first-order chi connectivity index (χ1) is 10.3. The largest absolute Gasteiger partial charge is 0.478 e. The van der Waals surface area contributed by atoms with Crippen LogP contribution in [0.2, 0.25) is 0 Å². The molecule has 5 nitrogen and oxygen atoms in total. The normalized spacial score (nSPS) is 11.5. The van der Waals surface area contributed by atoms with E-state index in [0.29, 0.717) is 16.9 Å². The third-order valence-corrected chi connectivity index (χ3v) is 5.90. The maximum absolute atomic E-state index is 12.3. The van der Waals surface area contributed by atoms with Crippen molar-refractivity contribution >= 4 is 27.3 Å². The Hall–Kier alpha value is -1.70. The summed E-state index contributed by atoms with van der Waals surface area (Å²) in [6.07, 6.45) is 0.323. The number of aryl methyl sites for hydroxylation is 2. The molecule has 0 saturated heterocycles. The van der Waals surface area contributed by atoms with Crippen LogP contribution >= 0.6 is 11.3 Å². The summed E-state index contributed by atoms with van der Waals surface area (Å²) in [6.45, 7) is 3.78. The summed E-state index contributed by atoms with van der Waals surface area (Å²) in [5, 5.41) is 9.10. The van der Waals surface area contributed by atoms with Gasteiger partial charge in [0.25, 0.3) is 0 Å². The van der Waals surface area contributed by atoms with Gasteiger partial charge in [-0.25, -0.2) is 17.9 Å². The van der Waals surface area contributed by atoms with E-state index in [0.717, 1.165) is 9.75 Å². The summed E-state index contributed by atoms with van der Waals surface area (Å²) in [6, 6.07) is 8.24. The highest BCUT2D eigenvalue weighted by atomic mass is 32.2. The van der Waals surface area contributed by atoms with Gasteiger partial charge in [0.15, 0.2) is 0 Å². The van der Waals surface area contributed by atoms with E-state index in [1.165, 1.54) is 17.4 Å². The lowest BCUT2D eigenvalue weighted by Crippen LogP contribution is -2.26. The van der Waals surface area contributed by atoms with Crippen LogP contribution in [0, 0.1) is 13.8 Å². The molecule has 0 aliphatic rings. The number of nitrogens with one attached hydrogen (secondary N) is 1. The van der Waals surface area contributed by atoms with Crippen LogP contribution in [0.15, 0.2) is 35.2 Å². The zero-order valence-corrected chi connectivity index (χ0v) is 13.9. The number of aromatic carboxylic acids is 1. The van der Waals surface area contributed by atoms with Gasteiger partial charge in [-0.1, -0.05) is 18.2 Å². The zero-order chi connectivity index (χ0) is 16.3. The topological polar surface area (TPSA) is 83.5 Å². The molecule has 0 aliphatic carbocycles. The molecule has 22 heavy (non-hydrogen) atoms. The van der Waals surface area contributed by atoms with Crippen LogP contribution < -0.4 is 4.72 Å². The number of sulfonamides is 1. The molecule has 2 aromatic rings. The van der Waals surface area contributed by atoms with E-state index in [1.54, 1.807) is 31.2 Å². The fourth-order valence-electron chi connectivity index (χ4n) is 2.22. The molecule has 1 aromatic carbocycles. The molecule has 118 valence electrons. The van der Waals surface area contributed by atoms with Crippen molar-refractivity contribution in [1.82, 2.24) is 4.72 Å². The molecule has 0 unspecified atom stereocenters. The first kappa shape index (κ1) is 16.7. The summed E-state index contributed by atoms with van der Waals surface area (Å²) < 4.78 is 27.0. The summed E-state index contributed by atoms with van der Waals surface area (Å²) in [5.41, 5.74) is 0.806. The van der Waals surface area contributed by atoms with Crippen LogP contribution in [0.4, 0.5) is 0 Å². The van der Waals surface area contributed by atoms with Crippen LogP contribution in [0.3, 0.4) is 0 Å². The van der Waals surface area contributed by atoms with E-state index < -0.39 is 16.0 Å². The van der Waals surface area contributed by atoms with E-state index in [4.69, 9.17) is 5.11 Å². The molecular formula is C15H17NO4S2. The lowest BCUT2D eigenvalue weighted by Gasteiger charge is -2.08. The first-order valence-corrected chi connectivity index (χ1v) is 8.99. The predicted octanol–water partition coefficient (Wildman–Crippen LogP) is 2.58. The van der Waals surface area contributed by atoms with Crippen molar-refractivity contribution in [1.29, 1.82) is 0 Å². The third kappa shape index (κ3) is 3.73. The lowest BCUT2D eigenvalue weighted by atomic mass is 10.1. The van der Waals surface area contributed by atoms with Crippen LogP contribution in [0.5, 0.6) is 0 Å². The molecule has 0 amide bonds. The molecule has 0 bridgehead atoms. The molecule has 2 N–H and O–H groups in total. The molecule has 0 radical (unpaired) electrons. The zero-order valence-electron chi connectivity index (χ0n) is 12.3. The summed E-state index contributed by atoms with van der Waals surface area (Å²) in [4.78, 5) is 13.1. The second-order valence-corrected chi connectivity index (χ2v) is 8.08. The minimum Gasteiger partial charge on any atom is -0.478 e. The Balaban J connectivity index is 2.08. The number of hydrogen-bond acceptors (Lipinski definition) is 4. The molecule has 2 rings (SSSR count). The second-order valence-electron chi connectivity index (χ2n) is 4.89. The van der Waals surface area contributed by atoms with E-state index in [-0.39, 0.29) is 12.1 Å². The van der Waals surface area contributed by atoms with Gasteiger partial charge in [0, 0.05) is 16.3 Å². The average molecular weight is 339 g/mol. The van der Waals surface area contributed by atoms with Crippen LogP contribution in [0.1, 0.15) is 25.7 Å². The van der Waals surface area contributed by atoms with Gasteiger partial charge in [-0.2, -0.15) is 0 Å². The Labute approximate surface area is 133 Å². The molecule has 0 saturated carbocycles. The number of thiophene rings is 1. The maximum Gasteiger partial charge on any atom is 0.335 e. The number of benzene rings is 1. The van der Waals surface area contributed by atoms with Gasteiger partial charge in [-0.05, 0) is 38.0 Å². The smallest absolute Gasteiger partial charge is 0.335 e. The highest BCUT2D eigenvalue weighted by molar-refractivity contribution is 7.89. The standard InChI is InChI=1S/C15H17NO4S2/c1-10-9-14(11(2)21-10)22(19,20)16-8-7-12-5-3-4-6-13(12)15(17)18/h3-6,9,16H,7-8H2,1-2H3,(H,17,18). The first-order valence-electron chi connectivity index (χ1n) is 6.69. The van der Waals surface area contributed by atoms with Gasteiger partial charge in [-0.15, -0.1) is 11.3 Å². The summed E-state index contributed by atoms with van der Waals surface area (Å²) in [7, 11) is -3.56. The van der Waals surface area contributed by atoms with Gasteiger partial charge in [0.2, 0.25) is 10.0 Å². The molecule has 0 fully saturated rings. The highest BCUT2D eigenvalue weighted by Crippen LogP contribution is 2.24. The Bertz CT molecular complexity index is 794. The van der Waals surface area contributed by atoms with E-state index in [1.807, 2.05) is 6.92 Å². The number of hydrogen-bond donors (Lipinski definition) is 2. The van der Waals surface area contributed by atoms with Gasteiger partial charge < -0.3 is 5.11 Å². The number of carboxylic acids is 1. The van der Waals surface area contributed by atoms with Crippen molar-refractivity contribution in [3.8, 4) is 0 Å². The Kier molecular flexibility index (Phi) is 5.00. The summed E-state index contributed by atoms with van der Waals surface area (Å²) in [5.74, 6) is -1.01. The Morgan fingerprint density at radius 3 is 2.55 bits per heavy atom. The fraction of sp³-hybridized carbons (Fsp3) is 0.267. The number of rotatable bonds is 6. The van der Waals surface area contributed by atoms with Crippen LogP contribution in [-0.4, -0.2) is 26.0 Å². The molecule has 0 spiro atoms. The molecule has 7 heteroatoms. The highest BCUT2D eigenvalue weighted by Gasteiger charge is 2.19. The van der Waals surface area contributed by atoms with Gasteiger partial charge in [-0.3, -0.25) is 0 Å². The van der Waals surface area contributed by atoms with Gasteiger partial charge in [0.05, 0.1) is 10.5 Å². The SMILES string of the molecule is Cc1cc(S(=O)(=O)NCCc2ccccc2C(=O)O)c(C)s1. The van der Waals surface area contributed by atoms with Crippen molar-refractivity contribution in [2.75, 3.05) is 6.54 Å². The van der Waals surface area contributed by atoms with Crippen molar-refractivity contribution in [3.63, 3.8) is 0 Å². The van der Waals surface area contributed by atoms with Crippen molar-refractivity contribution < 1.29 is 18.3 Å². The minimum absolute atomic E-state index is 0.154. The van der Waals surface area contributed by atoms with E-state index >= 15 is 0 Å². The molecule has 0 aliphatic heterocycles. The van der Waals surface area contributed by atoms with Crippen molar-refractivity contribution in [2.24, 2.45) is 0 Å². The molecule has 1 heterocycles. The lowest BCUT2D eigenvalue weighted by molar-refractivity contribution is 0.0695. The molecule has 0 atom stereocenters. The van der Waals surface area contributed by atoms with Crippen LogP contribution in [0.25, 0.3) is 0 Å². The van der Waals surface area contributed by atoms with E-state index in [9.17, 15) is 13.2 Å². The summed E-state index contributed by atoms with van der Waals surface area (Å²) >= 11 is 1.44.